The third kappa shape index (κ3) is 18.7. The van der Waals surface area contributed by atoms with Crippen LogP contribution in [0.3, 0.4) is 0 Å². The minimum Gasteiger partial charge on any atom is -0.345 e. The molecule has 0 fully saturated rings. The minimum absolute atomic E-state index is 0.0839. The van der Waals surface area contributed by atoms with E-state index in [4.69, 9.17) is 6.42 Å². The average molecular weight is 320 g/mol. The highest BCUT2D eigenvalue weighted by Crippen LogP contribution is 2.09. The number of carbonyl (C=O) groups is 1. The van der Waals surface area contributed by atoms with Crippen molar-refractivity contribution in [1.82, 2.24) is 5.32 Å². The van der Waals surface area contributed by atoms with Gasteiger partial charge in [-0.05, 0) is 32.1 Å². The Morgan fingerprint density at radius 3 is 1.96 bits per heavy atom. The Labute approximate surface area is 144 Å². The van der Waals surface area contributed by atoms with Crippen molar-refractivity contribution in [2.45, 2.75) is 96.8 Å². The lowest BCUT2D eigenvalue weighted by molar-refractivity contribution is -0.120. The quantitative estimate of drug-likeness (QED) is 0.218. The zero-order chi connectivity index (χ0) is 17.0. The van der Waals surface area contributed by atoms with Crippen molar-refractivity contribution in [2.24, 2.45) is 0 Å². The SMILES string of the molecule is C#CCNC(=O)CCCCCCC/C=C\CCCCCCCC. The second-order valence-corrected chi connectivity index (χ2v) is 6.32. The summed E-state index contributed by atoms with van der Waals surface area (Å²) in [5.41, 5.74) is 0. The standard InChI is InChI=1S/C21H37NO/c1-3-5-6-7-8-9-10-11-12-13-14-15-16-17-18-19-21(23)22-20-4-2/h2,11-12H,3,5-10,13-20H2,1H3,(H,22,23)/b12-11-. The van der Waals surface area contributed by atoms with Crippen LogP contribution in [0, 0.1) is 12.3 Å². The summed E-state index contributed by atoms with van der Waals surface area (Å²) in [6.45, 7) is 2.62. The van der Waals surface area contributed by atoms with E-state index in [1.807, 2.05) is 0 Å². The van der Waals surface area contributed by atoms with Gasteiger partial charge in [-0.3, -0.25) is 4.79 Å². The van der Waals surface area contributed by atoms with Crippen molar-refractivity contribution in [3.63, 3.8) is 0 Å². The zero-order valence-electron chi connectivity index (χ0n) is 15.2. The Kier molecular flexibility index (Phi) is 17.8. The van der Waals surface area contributed by atoms with Crippen molar-refractivity contribution in [2.75, 3.05) is 6.54 Å². The summed E-state index contributed by atoms with van der Waals surface area (Å²) in [6.07, 6.45) is 27.0. The largest absolute Gasteiger partial charge is 0.345 e. The minimum atomic E-state index is 0.0839. The molecule has 0 radical (unpaired) electrons. The van der Waals surface area contributed by atoms with E-state index in [0.717, 1.165) is 12.8 Å². The van der Waals surface area contributed by atoms with Crippen LogP contribution in [-0.2, 0) is 4.79 Å². The van der Waals surface area contributed by atoms with Gasteiger partial charge in [0, 0.05) is 6.42 Å². The highest BCUT2D eigenvalue weighted by Gasteiger charge is 1.98. The number of carbonyl (C=O) groups excluding carboxylic acids is 1. The first kappa shape index (κ1) is 21.8. The Hall–Kier alpha value is -1.23. The number of unbranched alkanes of at least 4 members (excludes halogenated alkanes) is 11. The van der Waals surface area contributed by atoms with Crippen LogP contribution >= 0.6 is 0 Å². The summed E-state index contributed by atoms with van der Waals surface area (Å²) in [4.78, 5) is 11.3. The first-order valence-electron chi connectivity index (χ1n) is 9.66. The zero-order valence-corrected chi connectivity index (χ0v) is 15.2. The highest BCUT2D eigenvalue weighted by atomic mass is 16.1. The average Bonchev–Trinajstić information content (AvgIpc) is 2.56. The van der Waals surface area contributed by atoms with Crippen molar-refractivity contribution >= 4 is 5.91 Å². The first-order chi connectivity index (χ1) is 11.3. The van der Waals surface area contributed by atoms with Crippen molar-refractivity contribution in [3.8, 4) is 12.3 Å². The van der Waals surface area contributed by atoms with E-state index in [1.54, 1.807) is 0 Å². The Balaban J connectivity index is 3.16. The fourth-order valence-electron chi connectivity index (χ4n) is 2.59. The molecule has 0 aliphatic rings. The van der Waals surface area contributed by atoms with Gasteiger partial charge in [0.1, 0.15) is 0 Å². The molecule has 0 aliphatic heterocycles. The molecule has 0 saturated carbocycles. The Morgan fingerprint density at radius 1 is 0.870 bits per heavy atom. The van der Waals surface area contributed by atoms with Gasteiger partial charge in [-0.1, -0.05) is 76.4 Å². The van der Waals surface area contributed by atoms with Gasteiger partial charge in [0.2, 0.25) is 5.91 Å². The molecule has 0 aromatic carbocycles. The van der Waals surface area contributed by atoms with Crippen molar-refractivity contribution in [1.29, 1.82) is 0 Å². The molecule has 0 rings (SSSR count). The van der Waals surface area contributed by atoms with Gasteiger partial charge < -0.3 is 5.32 Å². The number of hydrogen-bond acceptors (Lipinski definition) is 1. The summed E-state index contributed by atoms with van der Waals surface area (Å²) in [7, 11) is 0. The van der Waals surface area contributed by atoms with Crippen LogP contribution in [0.25, 0.3) is 0 Å². The summed E-state index contributed by atoms with van der Waals surface area (Å²) in [5.74, 6) is 2.50. The normalized spacial score (nSPS) is 10.8. The van der Waals surface area contributed by atoms with Crippen LogP contribution in [0.2, 0.25) is 0 Å². The molecule has 23 heavy (non-hydrogen) atoms. The lowest BCUT2D eigenvalue weighted by Gasteiger charge is -2.02. The summed E-state index contributed by atoms with van der Waals surface area (Å²) in [6, 6.07) is 0. The predicted octanol–water partition coefficient (Wildman–Crippen LogP) is 5.77. The Morgan fingerprint density at radius 2 is 1.39 bits per heavy atom. The second kappa shape index (κ2) is 18.8. The number of nitrogens with one attached hydrogen (secondary N) is 1. The molecular formula is C21H37NO. The lowest BCUT2D eigenvalue weighted by atomic mass is 10.1. The summed E-state index contributed by atoms with van der Waals surface area (Å²) >= 11 is 0. The third-order valence-corrected chi connectivity index (χ3v) is 4.05. The molecule has 0 heterocycles. The van der Waals surface area contributed by atoms with Gasteiger partial charge >= 0.3 is 0 Å². The maximum absolute atomic E-state index is 11.3. The molecule has 0 unspecified atom stereocenters. The van der Waals surface area contributed by atoms with Gasteiger partial charge in [0.25, 0.3) is 0 Å². The van der Waals surface area contributed by atoms with Gasteiger partial charge in [-0.2, -0.15) is 0 Å². The van der Waals surface area contributed by atoms with E-state index in [9.17, 15) is 4.79 Å². The number of allylic oxidation sites excluding steroid dienone is 2. The number of rotatable bonds is 16. The van der Waals surface area contributed by atoms with Crippen molar-refractivity contribution in [3.05, 3.63) is 12.2 Å². The molecule has 0 aromatic heterocycles. The maximum Gasteiger partial charge on any atom is 0.220 e. The molecule has 0 saturated heterocycles. The fraction of sp³-hybridized carbons (Fsp3) is 0.762. The molecule has 132 valence electrons. The first-order valence-corrected chi connectivity index (χ1v) is 9.66. The van der Waals surface area contributed by atoms with Gasteiger partial charge in [0.15, 0.2) is 0 Å². The van der Waals surface area contributed by atoms with E-state index in [1.165, 1.54) is 70.6 Å². The summed E-state index contributed by atoms with van der Waals surface area (Å²) < 4.78 is 0. The number of hydrogen-bond donors (Lipinski definition) is 1. The monoisotopic (exact) mass is 319 g/mol. The smallest absolute Gasteiger partial charge is 0.220 e. The fourth-order valence-corrected chi connectivity index (χ4v) is 2.59. The lowest BCUT2D eigenvalue weighted by Crippen LogP contribution is -2.22. The van der Waals surface area contributed by atoms with Gasteiger partial charge in [-0.25, -0.2) is 0 Å². The molecule has 0 aromatic rings. The van der Waals surface area contributed by atoms with E-state index < -0.39 is 0 Å². The van der Waals surface area contributed by atoms with Crippen LogP contribution in [-0.4, -0.2) is 12.5 Å². The van der Waals surface area contributed by atoms with E-state index >= 15 is 0 Å². The highest BCUT2D eigenvalue weighted by molar-refractivity contribution is 5.76. The Bertz CT molecular complexity index is 327. The molecule has 0 atom stereocenters. The van der Waals surface area contributed by atoms with Crippen LogP contribution in [0.15, 0.2) is 12.2 Å². The van der Waals surface area contributed by atoms with Crippen LogP contribution in [0.4, 0.5) is 0 Å². The molecule has 1 amide bonds. The molecule has 0 spiro atoms. The van der Waals surface area contributed by atoms with Crippen LogP contribution < -0.4 is 5.32 Å². The van der Waals surface area contributed by atoms with Crippen LogP contribution in [0.1, 0.15) is 96.8 Å². The molecule has 0 aliphatic carbocycles. The molecule has 1 N–H and O–H groups in total. The molecular weight excluding hydrogens is 282 g/mol. The van der Waals surface area contributed by atoms with E-state index in [0.29, 0.717) is 13.0 Å². The van der Waals surface area contributed by atoms with Crippen molar-refractivity contribution < 1.29 is 4.79 Å². The predicted molar refractivity (Wildman–Crippen MR) is 101 cm³/mol. The summed E-state index contributed by atoms with van der Waals surface area (Å²) in [5, 5.41) is 2.70. The topological polar surface area (TPSA) is 29.1 Å². The number of terminal acetylenes is 1. The molecule has 0 bridgehead atoms. The third-order valence-electron chi connectivity index (χ3n) is 4.05. The molecule has 2 nitrogen and oxygen atoms in total. The maximum atomic E-state index is 11.3. The van der Waals surface area contributed by atoms with E-state index in [2.05, 4.69) is 30.3 Å². The van der Waals surface area contributed by atoms with Gasteiger partial charge in [0.05, 0.1) is 6.54 Å². The number of amides is 1. The molecule has 2 heteroatoms. The van der Waals surface area contributed by atoms with Gasteiger partial charge in [-0.15, -0.1) is 6.42 Å². The second-order valence-electron chi connectivity index (χ2n) is 6.32. The van der Waals surface area contributed by atoms with Crippen LogP contribution in [0.5, 0.6) is 0 Å². The van der Waals surface area contributed by atoms with E-state index in [-0.39, 0.29) is 5.91 Å².